The van der Waals surface area contributed by atoms with Crippen molar-refractivity contribution in [3.8, 4) is 0 Å². The summed E-state index contributed by atoms with van der Waals surface area (Å²) in [6.07, 6.45) is 10.0. The Balaban J connectivity index is 3.64. The maximum Gasteiger partial charge on any atom is 0.0918 e. The topological polar surface area (TPSA) is 34.4 Å². The van der Waals surface area contributed by atoms with Crippen LogP contribution < -0.4 is 4.99 Å². The Morgan fingerprint density at radius 3 is 1.94 bits per heavy atom. The second-order valence-corrected chi connectivity index (χ2v) is 3.18. The van der Waals surface area contributed by atoms with Crippen molar-refractivity contribution in [3.05, 3.63) is 61.0 Å². The molecule has 0 aliphatic heterocycles. The van der Waals surface area contributed by atoms with Crippen LogP contribution in [0.25, 0.3) is 24.3 Å². The van der Waals surface area contributed by atoms with E-state index in [-0.39, 0.29) is 0 Å². The summed E-state index contributed by atoms with van der Waals surface area (Å²) in [5.41, 5.74) is 2.86. The van der Waals surface area contributed by atoms with Gasteiger partial charge in [0.25, 0.3) is 0 Å². The first kappa shape index (κ1) is 12.8. The molecule has 0 saturated heterocycles. The van der Waals surface area contributed by atoms with Crippen LogP contribution in [-0.4, -0.2) is 9.99 Å². The fraction of sp³-hybridized carbons (Fsp3) is 0. The number of allylic oxidation sites excluding steroid dienone is 2. The Bertz CT molecular complexity index is 493. The van der Waals surface area contributed by atoms with Crippen LogP contribution in [-0.2, 0) is 0 Å². The van der Waals surface area contributed by atoms with Gasteiger partial charge in [-0.25, -0.2) is 4.99 Å². The molecule has 0 aromatic carbocycles. The Hall–Kier alpha value is -2.26. The summed E-state index contributed by atoms with van der Waals surface area (Å²) in [6.45, 7) is 14.7. The van der Waals surface area contributed by atoms with Crippen LogP contribution in [0.5, 0.6) is 0 Å². The van der Waals surface area contributed by atoms with E-state index in [2.05, 4.69) is 31.3 Å². The number of aromatic nitrogens is 1. The van der Waals surface area contributed by atoms with Gasteiger partial charge in [-0.3, -0.25) is 0 Å². The molecular formula is C14H15NO2. The SMILES string of the molecule is C=C/C=C\c1c(C=C)c(C=C)c(C=C)n1OO. The third-order valence-corrected chi connectivity index (χ3v) is 2.35. The minimum Gasteiger partial charge on any atom is -0.242 e. The number of nitrogens with zero attached hydrogens (tertiary/aromatic N) is 1. The minimum absolute atomic E-state index is 0.612. The van der Waals surface area contributed by atoms with Crippen LogP contribution in [0, 0.1) is 0 Å². The molecule has 0 aliphatic carbocycles. The van der Waals surface area contributed by atoms with Crippen LogP contribution in [0.1, 0.15) is 22.5 Å². The van der Waals surface area contributed by atoms with Crippen molar-refractivity contribution in [2.75, 3.05) is 0 Å². The molecule has 0 aliphatic rings. The fourth-order valence-electron chi connectivity index (χ4n) is 1.65. The van der Waals surface area contributed by atoms with Crippen molar-refractivity contribution in [2.24, 2.45) is 0 Å². The Morgan fingerprint density at radius 2 is 1.53 bits per heavy atom. The fourth-order valence-corrected chi connectivity index (χ4v) is 1.65. The molecule has 3 nitrogen and oxygen atoms in total. The molecule has 0 bridgehead atoms. The third kappa shape index (κ3) is 2.14. The minimum atomic E-state index is 0.612. The van der Waals surface area contributed by atoms with Gasteiger partial charge in [-0.1, -0.05) is 50.6 Å². The number of rotatable bonds is 6. The smallest absolute Gasteiger partial charge is 0.0918 e. The molecule has 0 radical (unpaired) electrons. The second kappa shape index (κ2) is 5.72. The first-order chi connectivity index (χ1) is 8.24. The molecule has 17 heavy (non-hydrogen) atoms. The van der Waals surface area contributed by atoms with E-state index in [0.717, 1.165) is 11.1 Å². The molecule has 0 fully saturated rings. The normalized spacial score (nSPS) is 10.2. The molecule has 0 atom stereocenters. The number of hydrogen-bond donors (Lipinski definition) is 1. The van der Waals surface area contributed by atoms with Crippen LogP contribution in [0.3, 0.4) is 0 Å². The molecule has 0 unspecified atom stereocenters. The van der Waals surface area contributed by atoms with Crippen molar-refractivity contribution < 1.29 is 10.2 Å². The van der Waals surface area contributed by atoms with Gasteiger partial charge in [-0.05, 0) is 12.2 Å². The largest absolute Gasteiger partial charge is 0.242 e. The van der Waals surface area contributed by atoms with Gasteiger partial charge in [0.1, 0.15) is 0 Å². The van der Waals surface area contributed by atoms with E-state index in [1.54, 1.807) is 36.5 Å². The Morgan fingerprint density at radius 1 is 0.941 bits per heavy atom. The molecule has 1 aromatic rings. The van der Waals surface area contributed by atoms with E-state index in [0.29, 0.717) is 11.4 Å². The van der Waals surface area contributed by atoms with Crippen molar-refractivity contribution in [1.82, 2.24) is 4.73 Å². The maximum absolute atomic E-state index is 8.95. The highest BCUT2D eigenvalue weighted by molar-refractivity contribution is 5.78. The highest BCUT2D eigenvalue weighted by atomic mass is 17.2. The van der Waals surface area contributed by atoms with E-state index in [1.165, 1.54) is 4.73 Å². The molecule has 0 saturated carbocycles. The van der Waals surface area contributed by atoms with E-state index in [4.69, 9.17) is 5.26 Å². The van der Waals surface area contributed by atoms with Gasteiger partial charge >= 0.3 is 0 Å². The Kier molecular flexibility index (Phi) is 4.31. The third-order valence-electron chi connectivity index (χ3n) is 2.35. The molecule has 1 heterocycles. The summed E-state index contributed by atoms with van der Waals surface area (Å²) in [6, 6.07) is 0. The zero-order valence-corrected chi connectivity index (χ0v) is 9.60. The quantitative estimate of drug-likeness (QED) is 0.460. The van der Waals surface area contributed by atoms with Crippen LogP contribution in [0.15, 0.2) is 38.5 Å². The molecular weight excluding hydrogens is 214 g/mol. The van der Waals surface area contributed by atoms with Crippen molar-refractivity contribution >= 4 is 24.3 Å². The molecule has 1 N–H and O–H groups in total. The summed E-state index contributed by atoms with van der Waals surface area (Å²) in [4.78, 5) is 4.35. The van der Waals surface area contributed by atoms with Gasteiger partial charge in [0.05, 0.1) is 11.4 Å². The lowest BCUT2D eigenvalue weighted by Gasteiger charge is -2.03. The summed E-state index contributed by atoms with van der Waals surface area (Å²) >= 11 is 0. The van der Waals surface area contributed by atoms with E-state index in [9.17, 15) is 0 Å². The molecule has 0 amide bonds. The van der Waals surface area contributed by atoms with Crippen LogP contribution >= 0.6 is 0 Å². The lowest BCUT2D eigenvalue weighted by molar-refractivity contribution is -0.243. The van der Waals surface area contributed by atoms with Gasteiger partial charge in [-0.2, -0.15) is 5.26 Å². The predicted octanol–water partition coefficient (Wildman–Crippen LogP) is 3.52. The van der Waals surface area contributed by atoms with Gasteiger partial charge in [0.15, 0.2) is 0 Å². The lowest BCUT2D eigenvalue weighted by Crippen LogP contribution is -2.10. The van der Waals surface area contributed by atoms with E-state index < -0.39 is 0 Å². The molecule has 1 aromatic heterocycles. The van der Waals surface area contributed by atoms with Crippen LogP contribution in [0.4, 0.5) is 0 Å². The van der Waals surface area contributed by atoms with E-state index >= 15 is 0 Å². The van der Waals surface area contributed by atoms with Gasteiger partial charge in [0.2, 0.25) is 0 Å². The molecule has 3 heteroatoms. The number of hydrogen-bond acceptors (Lipinski definition) is 2. The highest BCUT2D eigenvalue weighted by Crippen LogP contribution is 2.26. The summed E-state index contributed by atoms with van der Waals surface area (Å²) < 4.78 is 1.25. The zero-order chi connectivity index (χ0) is 12.8. The molecule has 88 valence electrons. The van der Waals surface area contributed by atoms with E-state index in [1.807, 2.05) is 0 Å². The van der Waals surface area contributed by atoms with Gasteiger partial charge in [0, 0.05) is 11.1 Å². The lowest BCUT2D eigenvalue weighted by atomic mass is 10.1. The first-order valence-electron chi connectivity index (χ1n) is 5.02. The zero-order valence-electron chi connectivity index (χ0n) is 9.60. The predicted molar refractivity (Wildman–Crippen MR) is 73.1 cm³/mol. The standard InChI is InChI=1S/C14H15NO2/c1-5-9-10-14-12(7-3)11(6-2)13(8-4)15(14)17-16/h5-10,16H,1-4H2/b10-9-. The molecule has 1 rings (SSSR count). The van der Waals surface area contributed by atoms with Gasteiger partial charge < -0.3 is 0 Å². The van der Waals surface area contributed by atoms with Crippen LogP contribution in [0.2, 0.25) is 0 Å². The van der Waals surface area contributed by atoms with Gasteiger partial charge in [-0.15, -0.1) is 4.73 Å². The second-order valence-electron chi connectivity index (χ2n) is 3.18. The average Bonchev–Trinajstić information content (AvgIpc) is 2.67. The summed E-state index contributed by atoms with van der Waals surface area (Å²) in [7, 11) is 0. The highest BCUT2D eigenvalue weighted by Gasteiger charge is 2.16. The summed E-state index contributed by atoms with van der Waals surface area (Å²) in [5, 5.41) is 8.95. The molecule has 0 spiro atoms. The first-order valence-corrected chi connectivity index (χ1v) is 5.02. The van der Waals surface area contributed by atoms with Crippen molar-refractivity contribution in [3.63, 3.8) is 0 Å². The summed E-state index contributed by atoms with van der Waals surface area (Å²) in [5.74, 6) is 0. The maximum atomic E-state index is 8.95. The Labute approximate surface area is 101 Å². The van der Waals surface area contributed by atoms with Crippen molar-refractivity contribution in [2.45, 2.75) is 0 Å². The van der Waals surface area contributed by atoms with Crippen molar-refractivity contribution in [1.29, 1.82) is 0 Å². The monoisotopic (exact) mass is 229 g/mol. The average molecular weight is 229 g/mol.